The van der Waals surface area contributed by atoms with Gasteiger partial charge < -0.3 is 15.0 Å². The monoisotopic (exact) mass is 426 g/mol. The molecular formula is C23H17F3N2O3. The zero-order chi connectivity index (χ0) is 22.0. The van der Waals surface area contributed by atoms with Gasteiger partial charge in [0, 0.05) is 11.3 Å². The minimum atomic E-state index is -4.47. The van der Waals surface area contributed by atoms with Crippen molar-refractivity contribution in [3.63, 3.8) is 0 Å². The van der Waals surface area contributed by atoms with Crippen molar-refractivity contribution in [3.8, 4) is 5.75 Å². The molecule has 0 aromatic heterocycles. The number of carbonyl (C=O) groups is 2. The zero-order valence-corrected chi connectivity index (χ0v) is 16.1. The number of rotatable bonds is 4. The van der Waals surface area contributed by atoms with Crippen LogP contribution in [0.5, 0.6) is 5.75 Å². The number of benzene rings is 3. The fourth-order valence-electron chi connectivity index (χ4n) is 3.23. The summed E-state index contributed by atoms with van der Waals surface area (Å²) in [7, 11) is 0. The van der Waals surface area contributed by atoms with Gasteiger partial charge in [0.05, 0.1) is 17.8 Å². The molecule has 158 valence electrons. The highest BCUT2D eigenvalue weighted by Crippen LogP contribution is 2.36. The van der Waals surface area contributed by atoms with Crippen LogP contribution in [0.4, 0.5) is 24.5 Å². The summed E-state index contributed by atoms with van der Waals surface area (Å²) in [5, 5.41) is 2.65. The number of nitrogens with one attached hydrogen (secondary N) is 1. The molecule has 1 N–H and O–H groups in total. The highest BCUT2D eigenvalue weighted by Gasteiger charge is 2.30. The van der Waals surface area contributed by atoms with Gasteiger partial charge in [-0.15, -0.1) is 0 Å². The molecule has 1 aliphatic rings. The van der Waals surface area contributed by atoms with Crippen LogP contribution in [0.15, 0.2) is 72.8 Å². The number of carbonyl (C=O) groups excluding carboxylic acids is 2. The molecule has 0 bridgehead atoms. The maximum Gasteiger partial charge on any atom is 0.416 e. The molecule has 0 unspecified atom stereocenters. The molecule has 1 aliphatic heterocycles. The molecule has 0 atom stereocenters. The van der Waals surface area contributed by atoms with Crippen molar-refractivity contribution in [1.82, 2.24) is 0 Å². The van der Waals surface area contributed by atoms with Crippen LogP contribution >= 0.6 is 0 Å². The van der Waals surface area contributed by atoms with E-state index < -0.39 is 17.6 Å². The Kier molecular flexibility index (Phi) is 5.37. The lowest BCUT2D eigenvalue weighted by Crippen LogP contribution is -2.38. The van der Waals surface area contributed by atoms with Gasteiger partial charge in [0.1, 0.15) is 5.75 Å². The van der Waals surface area contributed by atoms with E-state index in [2.05, 4.69) is 5.32 Å². The quantitative estimate of drug-likeness (QED) is 0.647. The van der Waals surface area contributed by atoms with Crippen LogP contribution in [0.2, 0.25) is 0 Å². The van der Waals surface area contributed by atoms with E-state index >= 15 is 0 Å². The van der Waals surface area contributed by atoms with Gasteiger partial charge >= 0.3 is 6.18 Å². The van der Waals surface area contributed by atoms with E-state index in [0.717, 1.165) is 29.8 Å². The first-order chi connectivity index (χ1) is 14.8. The lowest BCUT2D eigenvalue weighted by Gasteiger charge is -2.30. The molecular weight excluding hydrogens is 409 g/mol. The van der Waals surface area contributed by atoms with Crippen LogP contribution in [-0.4, -0.2) is 18.4 Å². The van der Waals surface area contributed by atoms with Gasteiger partial charge in [0.2, 0.25) is 0 Å². The number of alkyl halides is 3. The predicted molar refractivity (Wildman–Crippen MR) is 109 cm³/mol. The van der Waals surface area contributed by atoms with E-state index in [1.807, 2.05) is 30.3 Å². The zero-order valence-electron chi connectivity index (χ0n) is 16.1. The molecule has 8 heteroatoms. The first kappa shape index (κ1) is 20.5. The highest BCUT2D eigenvalue weighted by atomic mass is 19.4. The third-order valence-electron chi connectivity index (χ3n) is 4.82. The molecule has 4 rings (SSSR count). The minimum absolute atomic E-state index is 0.0826. The Labute approximate surface area is 176 Å². The van der Waals surface area contributed by atoms with Crippen molar-refractivity contribution in [2.45, 2.75) is 12.7 Å². The van der Waals surface area contributed by atoms with Crippen molar-refractivity contribution in [1.29, 1.82) is 0 Å². The summed E-state index contributed by atoms with van der Waals surface area (Å²) >= 11 is 0. The highest BCUT2D eigenvalue weighted by molar-refractivity contribution is 6.05. The third kappa shape index (κ3) is 4.53. The van der Waals surface area contributed by atoms with Crippen LogP contribution in [0.1, 0.15) is 21.5 Å². The molecule has 0 radical (unpaired) electrons. The van der Waals surface area contributed by atoms with Crippen LogP contribution in [-0.2, 0) is 17.5 Å². The van der Waals surface area contributed by atoms with Crippen molar-refractivity contribution in [2.75, 3.05) is 16.8 Å². The first-order valence-electron chi connectivity index (χ1n) is 9.41. The Balaban J connectivity index is 1.55. The maximum absolute atomic E-state index is 12.7. The van der Waals surface area contributed by atoms with E-state index in [4.69, 9.17) is 4.74 Å². The number of fused-ring (bicyclic) bond motifs is 1. The molecule has 3 aromatic rings. The molecule has 0 saturated heterocycles. The Bertz CT molecular complexity index is 1110. The lowest BCUT2D eigenvalue weighted by atomic mass is 10.1. The standard InChI is InChI=1S/C23H17F3N2O3/c24-23(25,26)17-8-6-16(7-9-17)22(30)27-18-10-11-20-19(12-18)28(21(29)14-31-20)13-15-4-2-1-3-5-15/h1-12H,13-14H2,(H,27,30). The number of amides is 2. The molecule has 1 heterocycles. The summed E-state index contributed by atoms with van der Waals surface area (Å²) in [6.45, 7) is 0.253. The van der Waals surface area contributed by atoms with Gasteiger partial charge in [-0.3, -0.25) is 9.59 Å². The smallest absolute Gasteiger partial charge is 0.416 e. The molecule has 5 nitrogen and oxygen atoms in total. The molecule has 0 saturated carbocycles. The number of anilines is 2. The molecule has 0 spiro atoms. The van der Waals surface area contributed by atoms with Crippen molar-refractivity contribution >= 4 is 23.2 Å². The van der Waals surface area contributed by atoms with Gasteiger partial charge in [0.15, 0.2) is 6.61 Å². The third-order valence-corrected chi connectivity index (χ3v) is 4.82. The predicted octanol–water partition coefficient (Wildman–Crippen LogP) is 4.88. The second-order valence-electron chi connectivity index (χ2n) is 6.97. The van der Waals surface area contributed by atoms with Crippen molar-refractivity contribution in [2.24, 2.45) is 0 Å². The Morgan fingerprint density at radius 2 is 1.71 bits per heavy atom. The van der Waals surface area contributed by atoms with Crippen molar-refractivity contribution in [3.05, 3.63) is 89.5 Å². The van der Waals surface area contributed by atoms with Gasteiger partial charge in [-0.05, 0) is 48.0 Å². The van der Waals surface area contributed by atoms with E-state index in [-0.39, 0.29) is 18.1 Å². The van der Waals surface area contributed by atoms with Crippen LogP contribution in [0, 0.1) is 0 Å². The lowest BCUT2D eigenvalue weighted by molar-refractivity contribution is -0.137. The number of hydrogen-bond donors (Lipinski definition) is 1. The maximum atomic E-state index is 12.7. The summed E-state index contributed by atoms with van der Waals surface area (Å²) < 4.78 is 43.6. The van der Waals surface area contributed by atoms with Crippen LogP contribution in [0.25, 0.3) is 0 Å². The van der Waals surface area contributed by atoms with Crippen molar-refractivity contribution < 1.29 is 27.5 Å². The molecule has 31 heavy (non-hydrogen) atoms. The van der Waals surface area contributed by atoms with Gasteiger partial charge in [-0.2, -0.15) is 13.2 Å². The normalized spacial score (nSPS) is 13.4. The molecule has 2 amide bonds. The molecule has 0 aliphatic carbocycles. The average molecular weight is 426 g/mol. The van der Waals surface area contributed by atoms with Gasteiger partial charge in [0.25, 0.3) is 11.8 Å². The second kappa shape index (κ2) is 8.14. The largest absolute Gasteiger partial charge is 0.482 e. The Hall–Kier alpha value is -3.81. The second-order valence-corrected chi connectivity index (χ2v) is 6.97. The summed E-state index contributed by atoms with van der Waals surface area (Å²) in [4.78, 5) is 26.5. The Morgan fingerprint density at radius 3 is 2.39 bits per heavy atom. The van der Waals surface area contributed by atoms with Gasteiger partial charge in [-0.25, -0.2) is 0 Å². The topological polar surface area (TPSA) is 58.6 Å². The fraction of sp³-hybridized carbons (Fsp3) is 0.130. The minimum Gasteiger partial charge on any atom is -0.482 e. The first-order valence-corrected chi connectivity index (χ1v) is 9.41. The summed E-state index contributed by atoms with van der Waals surface area (Å²) in [6, 6.07) is 18.2. The van der Waals surface area contributed by atoms with E-state index in [0.29, 0.717) is 23.7 Å². The average Bonchev–Trinajstić information content (AvgIpc) is 2.76. The SMILES string of the molecule is O=C(Nc1ccc2c(c1)N(Cc1ccccc1)C(=O)CO2)c1ccc(C(F)(F)F)cc1. The van der Waals surface area contributed by atoms with Gasteiger partial charge in [-0.1, -0.05) is 30.3 Å². The summed E-state index contributed by atoms with van der Waals surface area (Å²) in [5.41, 5.74) is 1.08. The molecule has 3 aromatic carbocycles. The van der Waals surface area contributed by atoms with E-state index in [1.54, 1.807) is 23.1 Å². The molecule has 0 fully saturated rings. The number of ether oxygens (including phenoxy) is 1. The summed E-state index contributed by atoms with van der Waals surface area (Å²) in [5.74, 6) is -0.281. The van der Waals surface area contributed by atoms with Crippen LogP contribution < -0.4 is 15.0 Å². The number of nitrogens with zero attached hydrogens (tertiary/aromatic N) is 1. The van der Waals surface area contributed by atoms with E-state index in [9.17, 15) is 22.8 Å². The Morgan fingerprint density at radius 1 is 1.00 bits per heavy atom. The fourth-order valence-corrected chi connectivity index (χ4v) is 3.23. The summed E-state index contributed by atoms with van der Waals surface area (Å²) in [6.07, 6.45) is -4.47. The van der Waals surface area contributed by atoms with E-state index in [1.165, 1.54) is 0 Å². The van der Waals surface area contributed by atoms with Crippen LogP contribution in [0.3, 0.4) is 0 Å². The number of hydrogen-bond acceptors (Lipinski definition) is 3. The number of halogens is 3.